The highest BCUT2D eigenvalue weighted by molar-refractivity contribution is 5.83. The lowest BCUT2D eigenvalue weighted by atomic mass is 10.0. The van der Waals surface area contributed by atoms with Gasteiger partial charge in [-0.1, -0.05) is 29.8 Å². The van der Waals surface area contributed by atoms with E-state index in [-0.39, 0.29) is 5.91 Å². The van der Waals surface area contributed by atoms with Crippen LogP contribution in [0.2, 0.25) is 0 Å². The zero-order valence-electron chi connectivity index (χ0n) is 10.5. The van der Waals surface area contributed by atoms with E-state index in [1.54, 1.807) is 0 Å². The van der Waals surface area contributed by atoms with Crippen LogP contribution in [0.25, 0.3) is 0 Å². The first-order valence-corrected chi connectivity index (χ1v) is 6.22. The molecule has 1 aromatic rings. The Morgan fingerprint density at radius 2 is 2.06 bits per heavy atom. The van der Waals surface area contributed by atoms with Crippen LogP contribution in [0.5, 0.6) is 0 Å². The van der Waals surface area contributed by atoms with Crippen LogP contribution in [0.3, 0.4) is 0 Å². The zero-order chi connectivity index (χ0) is 12.4. The van der Waals surface area contributed by atoms with Crippen molar-refractivity contribution in [2.75, 3.05) is 6.54 Å². The number of carbonyl (C=O) groups is 1. The highest BCUT2D eigenvalue weighted by Crippen LogP contribution is 2.21. The minimum absolute atomic E-state index is 0.0545. The molecule has 2 N–H and O–H groups in total. The van der Waals surface area contributed by atoms with E-state index in [9.17, 15) is 4.79 Å². The van der Waals surface area contributed by atoms with Crippen LogP contribution in [0.4, 0.5) is 0 Å². The third-order valence-corrected chi connectivity index (χ3v) is 3.54. The maximum absolute atomic E-state index is 12.2. The van der Waals surface area contributed by atoms with Gasteiger partial charge in [0.15, 0.2) is 0 Å². The molecule has 0 spiro atoms. The summed E-state index contributed by atoms with van der Waals surface area (Å²) in [5.74, 6) is 0.0545. The fourth-order valence-electron chi connectivity index (χ4n) is 2.36. The molecule has 2 atom stereocenters. The van der Waals surface area contributed by atoms with Crippen LogP contribution in [-0.2, 0) is 4.79 Å². The van der Waals surface area contributed by atoms with E-state index in [4.69, 9.17) is 5.73 Å². The smallest absolute Gasteiger partial charge is 0.244 e. The lowest BCUT2D eigenvalue weighted by Crippen LogP contribution is -2.40. The van der Waals surface area contributed by atoms with Crippen molar-refractivity contribution in [1.82, 2.24) is 4.90 Å². The average Bonchev–Trinajstić information content (AvgIpc) is 2.74. The fraction of sp³-hybridized carbons (Fsp3) is 0.500. The first-order chi connectivity index (χ1) is 8.09. The van der Waals surface area contributed by atoms with Crippen LogP contribution in [0.1, 0.15) is 36.9 Å². The van der Waals surface area contributed by atoms with Crippen molar-refractivity contribution in [1.29, 1.82) is 0 Å². The monoisotopic (exact) mass is 232 g/mol. The summed E-state index contributed by atoms with van der Waals surface area (Å²) in [5.41, 5.74) is 8.13. The van der Waals surface area contributed by atoms with E-state index in [0.717, 1.165) is 24.9 Å². The topological polar surface area (TPSA) is 46.3 Å². The molecule has 0 saturated carbocycles. The SMILES string of the molecule is Cc1ccc(C(N)C(=O)N2CCCC2C)cc1. The first kappa shape index (κ1) is 12.1. The summed E-state index contributed by atoms with van der Waals surface area (Å²) in [6, 6.07) is 7.69. The molecule has 0 bridgehead atoms. The molecule has 1 aliphatic rings. The second kappa shape index (κ2) is 4.88. The molecule has 1 aliphatic heterocycles. The van der Waals surface area contributed by atoms with Gasteiger partial charge in [-0.15, -0.1) is 0 Å². The summed E-state index contributed by atoms with van der Waals surface area (Å²) in [6.45, 7) is 4.96. The first-order valence-electron chi connectivity index (χ1n) is 6.22. The van der Waals surface area contributed by atoms with Gasteiger partial charge in [0, 0.05) is 12.6 Å². The highest BCUT2D eigenvalue weighted by atomic mass is 16.2. The number of nitrogens with two attached hydrogens (primary N) is 1. The van der Waals surface area contributed by atoms with Gasteiger partial charge < -0.3 is 10.6 Å². The van der Waals surface area contributed by atoms with E-state index in [0.29, 0.717) is 6.04 Å². The second-order valence-electron chi connectivity index (χ2n) is 4.91. The quantitative estimate of drug-likeness (QED) is 0.847. The van der Waals surface area contributed by atoms with Crippen molar-refractivity contribution in [3.8, 4) is 0 Å². The third-order valence-electron chi connectivity index (χ3n) is 3.54. The van der Waals surface area contributed by atoms with Gasteiger partial charge in [0.05, 0.1) is 0 Å². The van der Waals surface area contributed by atoms with Gasteiger partial charge in [-0.2, -0.15) is 0 Å². The number of benzene rings is 1. The van der Waals surface area contributed by atoms with E-state index in [2.05, 4.69) is 6.92 Å². The van der Waals surface area contributed by atoms with E-state index in [1.165, 1.54) is 5.56 Å². The Kier molecular flexibility index (Phi) is 3.48. The summed E-state index contributed by atoms with van der Waals surface area (Å²) in [6.07, 6.45) is 2.18. The lowest BCUT2D eigenvalue weighted by molar-refractivity contribution is -0.133. The molecule has 0 radical (unpaired) electrons. The van der Waals surface area contributed by atoms with Crippen molar-refractivity contribution in [2.24, 2.45) is 5.73 Å². The molecular weight excluding hydrogens is 212 g/mol. The molecule has 0 aliphatic carbocycles. The Hall–Kier alpha value is -1.35. The zero-order valence-corrected chi connectivity index (χ0v) is 10.5. The van der Waals surface area contributed by atoms with Gasteiger partial charge in [0.1, 0.15) is 6.04 Å². The number of rotatable bonds is 2. The number of likely N-dealkylation sites (tertiary alicyclic amines) is 1. The van der Waals surface area contributed by atoms with Gasteiger partial charge in [0.2, 0.25) is 5.91 Å². The summed E-state index contributed by atoms with van der Waals surface area (Å²) in [7, 11) is 0. The lowest BCUT2D eigenvalue weighted by Gasteiger charge is -2.25. The predicted octanol–water partition coefficient (Wildman–Crippen LogP) is 2.01. The van der Waals surface area contributed by atoms with Crippen molar-refractivity contribution in [2.45, 2.75) is 38.8 Å². The summed E-state index contributed by atoms with van der Waals surface area (Å²) < 4.78 is 0. The molecule has 2 rings (SSSR count). The van der Waals surface area contributed by atoms with Crippen LogP contribution in [0, 0.1) is 6.92 Å². The van der Waals surface area contributed by atoms with Gasteiger partial charge >= 0.3 is 0 Å². The molecule has 3 heteroatoms. The van der Waals surface area contributed by atoms with E-state index in [1.807, 2.05) is 36.1 Å². The normalized spacial score (nSPS) is 21.6. The van der Waals surface area contributed by atoms with Crippen molar-refractivity contribution in [3.63, 3.8) is 0 Å². The van der Waals surface area contributed by atoms with Gasteiger partial charge in [0.25, 0.3) is 0 Å². The number of aryl methyl sites for hydroxylation is 1. The summed E-state index contributed by atoms with van der Waals surface area (Å²) in [5, 5.41) is 0. The molecule has 92 valence electrons. The molecule has 1 amide bonds. The van der Waals surface area contributed by atoms with Crippen molar-refractivity contribution >= 4 is 5.91 Å². The molecule has 0 aromatic heterocycles. The molecule has 1 aromatic carbocycles. The minimum Gasteiger partial charge on any atom is -0.338 e. The Balaban J connectivity index is 2.11. The van der Waals surface area contributed by atoms with E-state index >= 15 is 0 Å². The molecule has 1 heterocycles. The van der Waals surface area contributed by atoms with E-state index < -0.39 is 6.04 Å². The van der Waals surface area contributed by atoms with Crippen LogP contribution >= 0.6 is 0 Å². The molecule has 1 saturated heterocycles. The maximum atomic E-state index is 12.2. The Bertz CT molecular complexity index is 399. The highest BCUT2D eigenvalue weighted by Gasteiger charge is 2.29. The van der Waals surface area contributed by atoms with Crippen molar-refractivity contribution < 1.29 is 4.79 Å². The number of carbonyl (C=O) groups excluding carboxylic acids is 1. The second-order valence-corrected chi connectivity index (χ2v) is 4.91. The Morgan fingerprint density at radius 1 is 1.41 bits per heavy atom. The van der Waals surface area contributed by atoms with Crippen molar-refractivity contribution in [3.05, 3.63) is 35.4 Å². The predicted molar refractivity (Wildman–Crippen MR) is 68.5 cm³/mol. The number of hydrogen-bond acceptors (Lipinski definition) is 2. The van der Waals surface area contributed by atoms with Gasteiger partial charge in [-0.25, -0.2) is 0 Å². The minimum atomic E-state index is -0.517. The fourth-order valence-corrected chi connectivity index (χ4v) is 2.36. The van der Waals surface area contributed by atoms with Gasteiger partial charge in [-0.3, -0.25) is 4.79 Å². The molecular formula is C14H20N2O. The molecule has 2 unspecified atom stereocenters. The summed E-state index contributed by atoms with van der Waals surface area (Å²) in [4.78, 5) is 14.1. The Labute approximate surface area is 103 Å². The molecule has 17 heavy (non-hydrogen) atoms. The van der Waals surface area contributed by atoms with Crippen LogP contribution < -0.4 is 5.73 Å². The number of amides is 1. The number of nitrogens with zero attached hydrogens (tertiary/aromatic N) is 1. The third kappa shape index (κ3) is 2.50. The molecule has 1 fully saturated rings. The molecule has 3 nitrogen and oxygen atoms in total. The van der Waals surface area contributed by atoms with Crippen LogP contribution in [-0.4, -0.2) is 23.4 Å². The van der Waals surface area contributed by atoms with Crippen LogP contribution in [0.15, 0.2) is 24.3 Å². The maximum Gasteiger partial charge on any atom is 0.244 e. The summed E-state index contributed by atoms with van der Waals surface area (Å²) >= 11 is 0. The Morgan fingerprint density at radius 3 is 2.59 bits per heavy atom. The largest absolute Gasteiger partial charge is 0.338 e. The van der Waals surface area contributed by atoms with Gasteiger partial charge in [-0.05, 0) is 32.3 Å². The standard InChI is InChI=1S/C14H20N2O/c1-10-5-7-12(8-6-10)13(15)14(17)16-9-3-4-11(16)2/h5-8,11,13H,3-4,9,15H2,1-2H3. The average molecular weight is 232 g/mol. The number of hydrogen-bond donors (Lipinski definition) is 1.